The van der Waals surface area contributed by atoms with Crippen LogP contribution in [-0.2, 0) is 4.79 Å². The van der Waals surface area contributed by atoms with Crippen molar-refractivity contribution in [1.29, 1.82) is 0 Å². The first-order valence-electron chi connectivity index (χ1n) is 7.31. The number of amides is 1. The summed E-state index contributed by atoms with van der Waals surface area (Å²) in [4.78, 5) is 16.7. The maximum Gasteiger partial charge on any atom is 0.226 e. The molecule has 0 radical (unpaired) electrons. The maximum absolute atomic E-state index is 12.4. The number of nitrogens with zero attached hydrogens (tertiary/aromatic N) is 2. The fourth-order valence-corrected chi connectivity index (χ4v) is 3.17. The Morgan fingerprint density at radius 1 is 1.20 bits per heavy atom. The van der Waals surface area contributed by atoms with Crippen LogP contribution in [0.3, 0.4) is 0 Å². The SMILES string of the molecule is CN(C)CC1CCN(C(=O)C2CCCNC2)CC1.Cl.Cl. The fraction of sp³-hybridized carbons (Fsp3) is 0.929. The van der Waals surface area contributed by atoms with Crippen LogP contribution >= 0.6 is 24.8 Å². The van der Waals surface area contributed by atoms with Gasteiger partial charge in [0.05, 0.1) is 5.92 Å². The Morgan fingerprint density at radius 2 is 1.85 bits per heavy atom. The number of carbonyl (C=O) groups excluding carboxylic acids is 1. The van der Waals surface area contributed by atoms with Crippen molar-refractivity contribution in [3.8, 4) is 0 Å². The molecule has 1 atom stereocenters. The average molecular weight is 326 g/mol. The lowest BCUT2D eigenvalue weighted by Crippen LogP contribution is -2.46. The van der Waals surface area contributed by atoms with Gasteiger partial charge < -0.3 is 15.1 Å². The zero-order valence-corrected chi connectivity index (χ0v) is 14.3. The standard InChI is InChI=1S/C14H27N3O.2ClH/c1-16(2)11-12-5-8-17(9-6-12)14(18)13-4-3-7-15-10-13;;/h12-13,15H,3-11H2,1-2H3;2*1H. The van der Waals surface area contributed by atoms with Gasteiger partial charge in [0, 0.05) is 26.2 Å². The van der Waals surface area contributed by atoms with Gasteiger partial charge in [0.15, 0.2) is 0 Å². The fourth-order valence-electron chi connectivity index (χ4n) is 3.17. The molecule has 0 aromatic heterocycles. The van der Waals surface area contributed by atoms with E-state index in [-0.39, 0.29) is 30.7 Å². The van der Waals surface area contributed by atoms with E-state index in [0.29, 0.717) is 5.91 Å². The van der Waals surface area contributed by atoms with Crippen molar-refractivity contribution in [2.75, 3.05) is 46.8 Å². The van der Waals surface area contributed by atoms with Crippen molar-refractivity contribution < 1.29 is 4.79 Å². The summed E-state index contributed by atoms with van der Waals surface area (Å²) >= 11 is 0. The van der Waals surface area contributed by atoms with Gasteiger partial charge in [-0.15, -0.1) is 24.8 Å². The Morgan fingerprint density at radius 3 is 2.35 bits per heavy atom. The van der Waals surface area contributed by atoms with Crippen molar-refractivity contribution in [2.24, 2.45) is 11.8 Å². The molecule has 20 heavy (non-hydrogen) atoms. The molecule has 0 spiro atoms. The van der Waals surface area contributed by atoms with Gasteiger partial charge in [0.1, 0.15) is 0 Å². The summed E-state index contributed by atoms with van der Waals surface area (Å²) < 4.78 is 0. The molecular weight excluding hydrogens is 297 g/mol. The van der Waals surface area contributed by atoms with Gasteiger partial charge in [-0.1, -0.05) is 0 Å². The molecule has 1 N–H and O–H groups in total. The third kappa shape index (κ3) is 5.76. The zero-order chi connectivity index (χ0) is 13.0. The monoisotopic (exact) mass is 325 g/mol. The molecule has 2 aliphatic rings. The molecular formula is C14H29Cl2N3O. The van der Waals surface area contributed by atoms with Gasteiger partial charge >= 0.3 is 0 Å². The lowest BCUT2D eigenvalue weighted by molar-refractivity contribution is -0.137. The highest BCUT2D eigenvalue weighted by atomic mass is 35.5. The molecule has 0 aromatic carbocycles. The van der Waals surface area contributed by atoms with Crippen molar-refractivity contribution in [3.05, 3.63) is 0 Å². The highest BCUT2D eigenvalue weighted by molar-refractivity contribution is 5.85. The van der Waals surface area contributed by atoms with Gasteiger partial charge in [0.2, 0.25) is 5.91 Å². The topological polar surface area (TPSA) is 35.6 Å². The minimum absolute atomic E-state index is 0. The molecule has 4 nitrogen and oxygen atoms in total. The van der Waals surface area contributed by atoms with Crippen LogP contribution in [0.2, 0.25) is 0 Å². The first-order valence-corrected chi connectivity index (χ1v) is 7.31. The lowest BCUT2D eigenvalue weighted by atomic mass is 9.93. The number of halogens is 2. The van der Waals surface area contributed by atoms with Crippen LogP contribution in [-0.4, -0.2) is 62.5 Å². The average Bonchev–Trinajstić information content (AvgIpc) is 2.39. The third-order valence-electron chi connectivity index (χ3n) is 4.20. The Bertz CT molecular complexity index is 276. The molecule has 120 valence electrons. The van der Waals surface area contributed by atoms with Gasteiger partial charge in [0.25, 0.3) is 0 Å². The molecule has 1 unspecified atom stereocenters. The summed E-state index contributed by atoms with van der Waals surface area (Å²) in [7, 11) is 4.26. The summed E-state index contributed by atoms with van der Waals surface area (Å²) in [6.07, 6.45) is 4.56. The van der Waals surface area contributed by atoms with Crippen LogP contribution in [0.1, 0.15) is 25.7 Å². The second kappa shape index (κ2) is 9.82. The molecule has 6 heteroatoms. The van der Waals surface area contributed by atoms with Gasteiger partial charge in [-0.05, 0) is 52.2 Å². The quantitative estimate of drug-likeness (QED) is 0.856. The second-order valence-electron chi connectivity index (χ2n) is 6.07. The molecule has 2 heterocycles. The van der Waals surface area contributed by atoms with Gasteiger partial charge in [-0.25, -0.2) is 0 Å². The zero-order valence-electron chi connectivity index (χ0n) is 12.6. The van der Waals surface area contributed by atoms with E-state index in [1.807, 2.05) is 0 Å². The molecule has 0 aromatic rings. The smallest absolute Gasteiger partial charge is 0.226 e. The van der Waals surface area contributed by atoms with E-state index in [1.165, 1.54) is 12.8 Å². The minimum Gasteiger partial charge on any atom is -0.342 e. The van der Waals surface area contributed by atoms with Crippen LogP contribution in [0.4, 0.5) is 0 Å². The van der Waals surface area contributed by atoms with E-state index < -0.39 is 0 Å². The first-order chi connectivity index (χ1) is 8.66. The highest BCUT2D eigenvalue weighted by Crippen LogP contribution is 2.21. The van der Waals surface area contributed by atoms with Crippen LogP contribution < -0.4 is 5.32 Å². The third-order valence-corrected chi connectivity index (χ3v) is 4.20. The first kappa shape index (κ1) is 20.0. The Balaban J connectivity index is 0.00000180. The van der Waals surface area contributed by atoms with E-state index in [2.05, 4.69) is 29.2 Å². The molecule has 2 rings (SSSR count). The van der Waals surface area contributed by atoms with Gasteiger partial charge in [-0.3, -0.25) is 4.79 Å². The summed E-state index contributed by atoms with van der Waals surface area (Å²) in [5.74, 6) is 1.41. The maximum atomic E-state index is 12.4. The predicted molar refractivity (Wildman–Crippen MR) is 87.9 cm³/mol. The predicted octanol–water partition coefficient (Wildman–Crippen LogP) is 1.63. The van der Waals surface area contributed by atoms with Gasteiger partial charge in [-0.2, -0.15) is 0 Å². The number of likely N-dealkylation sites (tertiary alicyclic amines) is 1. The van der Waals surface area contributed by atoms with Crippen LogP contribution in [0.25, 0.3) is 0 Å². The number of hydrogen-bond donors (Lipinski definition) is 1. The number of carbonyl (C=O) groups is 1. The Labute approximate surface area is 135 Å². The van der Waals surface area contributed by atoms with Crippen molar-refractivity contribution >= 4 is 30.7 Å². The highest BCUT2D eigenvalue weighted by Gasteiger charge is 2.29. The Hall–Kier alpha value is -0.0300. The molecule has 0 saturated carbocycles. The largest absolute Gasteiger partial charge is 0.342 e. The van der Waals surface area contributed by atoms with E-state index >= 15 is 0 Å². The number of nitrogens with one attached hydrogen (secondary N) is 1. The summed E-state index contributed by atoms with van der Waals surface area (Å²) in [6.45, 7) is 5.06. The normalized spacial score (nSPS) is 23.9. The van der Waals surface area contributed by atoms with E-state index in [9.17, 15) is 4.79 Å². The molecule has 2 fully saturated rings. The summed E-state index contributed by atoms with van der Waals surface area (Å²) in [6, 6.07) is 0. The number of piperidine rings is 2. The van der Waals surface area contributed by atoms with Crippen molar-refractivity contribution in [1.82, 2.24) is 15.1 Å². The van der Waals surface area contributed by atoms with E-state index in [4.69, 9.17) is 0 Å². The van der Waals surface area contributed by atoms with E-state index in [0.717, 1.165) is 51.5 Å². The van der Waals surface area contributed by atoms with Crippen LogP contribution in [0, 0.1) is 11.8 Å². The van der Waals surface area contributed by atoms with Crippen LogP contribution in [0.5, 0.6) is 0 Å². The molecule has 0 bridgehead atoms. The number of rotatable bonds is 3. The summed E-state index contributed by atoms with van der Waals surface area (Å²) in [5, 5.41) is 3.34. The number of hydrogen-bond acceptors (Lipinski definition) is 3. The molecule has 1 amide bonds. The lowest BCUT2D eigenvalue weighted by Gasteiger charge is -2.36. The molecule has 0 aliphatic carbocycles. The Kier molecular flexibility index (Phi) is 9.81. The van der Waals surface area contributed by atoms with Crippen molar-refractivity contribution in [3.63, 3.8) is 0 Å². The minimum atomic E-state index is 0. The molecule has 2 saturated heterocycles. The summed E-state index contributed by atoms with van der Waals surface area (Å²) in [5.41, 5.74) is 0. The second-order valence-corrected chi connectivity index (χ2v) is 6.07. The van der Waals surface area contributed by atoms with E-state index in [1.54, 1.807) is 0 Å². The van der Waals surface area contributed by atoms with Crippen LogP contribution in [0.15, 0.2) is 0 Å². The molecule has 2 aliphatic heterocycles. The van der Waals surface area contributed by atoms with Crippen molar-refractivity contribution in [2.45, 2.75) is 25.7 Å².